The molecule has 0 aliphatic carbocycles. The summed E-state index contributed by atoms with van der Waals surface area (Å²) >= 11 is 0. The molecule has 0 atom stereocenters. The van der Waals surface area contributed by atoms with Crippen molar-refractivity contribution in [2.75, 3.05) is 0 Å². The second-order valence-corrected chi connectivity index (χ2v) is 4.07. The van der Waals surface area contributed by atoms with Crippen molar-refractivity contribution in [3.63, 3.8) is 0 Å². The minimum atomic E-state index is -0.363. The van der Waals surface area contributed by atoms with Crippen molar-refractivity contribution in [3.8, 4) is 0 Å². The average molecular weight is 194 g/mol. The standard InChI is InChI=1S/C12H15FO/c1-4-12(2,3)11(14)9-5-7-10(13)8-6-9/h5-8H,4H2,1-3H3. The molecule has 0 aromatic heterocycles. The van der Waals surface area contributed by atoms with Crippen molar-refractivity contribution in [1.29, 1.82) is 0 Å². The van der Waals surface area contributed by atoms with Crippen molar-refractivity contribution >= 4 is 5.78 Å². The van der Waals surface area contributed by atoms with Crippen LogP contribution in [0.3, 0.4) is 0 Å². The van der Waals surface area contributed by atoms with E-state index in [1.165, 1.54) is 24.3 Å². The topological polar surface area (TPSA) is 17.1 Å². The van der Waals surface area contributed by atoms with Crippen molar-refractivity contribution < 1.29 is 9.18 Å². The zero-order valence-electron chi connectivity index (χ0n) is 8.80. The second-order valence-electron chi connectivity index (χ2n) is 4.07. The van der Waals surface area contributed by atoms with E-state index >= 15 is 0 Å². The molecule has 76 valence electrons. The molecule has 0 saturated carbocycles. The lowest BCUT2D eigenvalue weighted by Gasteiger charge is -2.20. The summed E-state index contributed by atoms with van der Waals surface area (Å²) in [7, 11) is 0. The van der Waals surface area contributed by atoms with Crippen LogP contribution in [0.1, 0.15) is 37.6 Å². The fourth-order valence-electron chi connectivity index (χ4n) is 1.15. The first-order valence-corrected chi connectivity index (χ1v) is 4.78. The Bertz CT molecular complexity index is 325. The molecule has 0 N–H and O–H groups in total. The number of carbonyl (C=O) groups excluding carboxylic acids is 1. The molecule has 2 heteroatoms. The lowest BCUT2D eigenvalue weighted by Crippen LogP contribution is -2.23. The van der Waals surface area contributed by atoms with Gasteiger partial charge in [-0.15, -0.1) is 0 Å². The third-order valence-corrected chi connectivity index (χ3v) is 2.60. The molecule has 0 radical (unpaired) electrons. The Morgan fingerprint density at radius 2 is 1.79 bits per heavy atom. The Kier molecular flexibility index (Phi) is 3.04. The van der Waals surface area contributed by atoms with E-state index in [0.29, 0.717) is 5.56 Å². The molecule has 0 unspecified atom stereocenters. The van der Waals surface area contributed by atoms with Crippen molar-refractivity contribution in [2.24, 2.45) is 5.41 Å². The smallest absolute Gasteiger partial charge is 0.168 e. The van der Waals surface area contributed by atoms with Gasteiger partial charge in [0.15, 0.2) is 5.78 Å². The van der Waals surface area contributed by atoms with Gasteiger partial charge in [0.1, 0.15) is 5.82 Å². The van der Waals surface area contributed by atoms with Gasteiger partial charge in [-0.25, -0.2) is 4.39 Å². The van der Waals surface area contributed by atoms with Crippen LogP contribution >= 0.6 is 0 Å². The van der Waals surface area contributed by atoms with Gasteiger partial charge in [0.25, 0.3) is 0 Å². The number of hydrogen-bond acceptors (Lipinski definition) is 1. The van der Waals surface area contributed by atoms with Gasteiger partial charge in [0.05, 0.1) is 0 Å². The fraction of sp³-hybridized carbons (Fsp3) is 0.417. The lowest BCUT2D eigenvalue weighted by molar-refractivity contribution is 0.0833. The molecule has 1 rings (SSSR count). The number of benzene rings is 1. The van der Waals surface area contributed by atoms with Gasteiger partial charge in [0.2, 0.25) is 0 Å². The van der Waals surface area contributed by atoms with E-state index in [1.807, 2.05) is 20.8 Å². The van der Waals surface area contributed by atoms with Crippen LogP contribution in [0, 0.1) is 11.2 Å². The molecule has 0 saturated heterocycles. The number of Topliss-reactive ketones (excluding diaryl/α,β-unsaturated/α-hetero) is 1. The first-order valence-electron chi connectivity index (χ1n) is 4.78. The molecule has 0 aliphatic rings. The number of hydrogen-bond donors (Lipinski definition) is 0. The van der Waals surface area contributed by atoms with Crippen LogP contribution in [0.15, 0.2) is 24.3 Å². The summed E-state index contributed by atoms with van der Waals surface area (Å²) in [6.45, 7) is 5.78. The van der Waals surface area contributed by atoms with E-state index in [9.17, 15) is 9.18 Å². The van der Waals surface area contributed by atoms with Gasteiger partial charge in [0, 0.05) is 11.0 Å². The molecule has 0 heterocycles. The molecule has 1 aromatic carbocycles. The van der Waals surface area contributed by atoms with Gasteiger partial charge < -0.3 is 0 Å². The summed E-state index contributed by atoms with van der Waals surface area (Å²) in [5.41, 5.74) is 0.218. The molecule has 0 bridgehead atoms. The molecule has 0 amide bonds. The van der Waals surface area contributed by atoms with Crippen molar-refractivity contribution in [3.05, 3.63) is 35.6 Å². The number of carbonyl (C=O) groups is 1. The molecule has 0 fully saturated rings. The third-order valence-electron chi connectivity index (χ3n) is 2.60. The zero-order valence-corrected chi connectivity index (χ0v) is 8.80. The van der Waals surface area contributed by atoms with Crippen LogP contribution in [0.2, 0.25) is 0 Å². The maximum absolute atomic E-state index is 12.6. The van der Waals surface area contributed by atoms with Crippen LogP contribution < -0.4 is 0 Å². The first-order chi connectivity index (χ1) is 6.47. The Balaban J connectivity index is 2.96. The Morgan fingerprint density at radius 3 is 2.21 bits per heavy atom. The second kappa shape index (κ2) is 3.91. The lowest BCUT2D eigenvalue weighted by atomic mass is 9.82. The summed E-state index contributed by atoms with van der Waals surface area (Å²) in [5, 5.41) is 0. The number of ketones is 1. The van der Waals surface area contributed by atoms with Gasteiger partial charge in [-0.1, -0.05) is 20.8 Å². The molecule has 0 spiro atoms. The summed E-state index contributed by atoms with van der Waals surface area (Å²) in [6, 6.07) is 5.71. The van der Waals surface area contributed by atoms with Gasteiger partial charge in [-0.2, -0.15) is 0 Å². The maximum Gasteiger partial charge on any atom is 0.168 e. The van der Waals surface area contributed by atoms with E-state index < -0.39 is 0 Å². The van der Waals surface area contributed by atoms with E-state index in [4.69, 9.17) is 0 Å². The predicted molar refractivity (Wildman–Crippen MR) is 54.8 cm³/mol. The highest BCUT2D eigenvalue weighted by Gasteiger charge is 2.26. The van der Waals surface area contributed by atoms with Crippen LogP contribution in [0.5, 0.6) is 0 Å². The van der Waals surface area contributed by atoms with E-state index in [1.54, 1.807) is 0 Å². The monoisotopic (exact) mass is 194 g/mol. The average Bonchev–Trinajstić information content (AvgIpc) is 2.18. The van der Waals surface area contributed by atoms with Crippen LogP contribution in [-0.4, -0.2) is 5.78 Å². The maximum atomic E-state index is 12.6. The van der Waals surface area contributed by atoms with E-state index in [2.05, 4.69) is 0 Å². The normalized spacial score (nSPS) is 11.4. The molecular weight excluding hydrogens is 179 g/mol. The predicted octanol–water partition coefficient (Wildman–Crippen LogP) is 3.44. The minimum absolute atomic E-state index is 0.0694. The summed E-state index contributed by atoms with van der Waals surface area (Å²) in [4.78, 5) is 11.9. The Labute approximate surface area is 83.9 Å². The van der Waals surface area contributed by atoms with Crippen LogP contribution in [0.4, 0.5) is 4.39 Å². The molecule has 0 aliphatic heterocycles. The highest BCUT2D eigenvalue weighted by Crippen LogP contribution is 2.25. The SMILES string of the molecule is CCC(C)(C)C(=O)c1ccc(F)cc1. The minimum Gasteiger partial charge on any atom is -0.294 e. The number of halogens is 1. The van der Waals surface area contributed by atoms with Gasteiger partial charge in [-0.3, -0.25) is 4.79 Å². The van der Waals surface area contributed by atoms with Gasteiger partial charge in [-0.05, 0) is 30.7 Å². The van der Waals surface area contributed by atoms with Crippen LogP contribution in [-0.2, 0) is 0 Å². The summed E-state index contributed by atoms with van der Waals surface area (Å²) in [5.74, 6) is -0.240. The first kappa shape index (κ1) is 10.9. The molecular formula is C12H15FO. The van der Waals surface area contributed by atoms with E-state index in [0.717, 1.165) is 6.42 Å². The zero-order chi connectivity index (χ0) is 10.8. The molecule has 14 heavy (non-hydrogen) atoms. The van der Waals surface area contributed by atoms with Crippen molar-refractivity contribution in [1.82, 2.24) is 0 Å². The quantitative estimate of drug-likeness (QED) is 0.673. The molecule has 1 nitrogen and oxygen atoms in total. The highest BCUT2D eigenvalue weighted by molar-refractivity contribution is 5.99. The fourth-order valence-corrected chi connectivity index (χ4v) is 1.15. The Hall–Kier alpha value is -1.18. The third kappa shape index (κ3) is 2.19. The van der Waals surface area contributed by atoms with Gasteiger partial charge >= 0.3 is 0 Å². The summed E-state index contributed by atoms with van der Waals surface area (Å²) < 4.78 is 12.6. The van der Waals surface area contributed by atoms with Crippen molar-refractivity contribution in [2.45, 2.75) is 27.2 Å². The Morgan fingerprint density at radius 1 is 1.29 bits per heavy atom. The summed E-state index contributed by atoms with van der Waals surface area (Å²) in [6.07, 6.45) is 0.781. The van der Waals surface area contributed by atoms with Crippen LogP contribution in [0.25, 0.3) is 0 Å². The molecule has 1 aromatic rings. The van der Waals surface area contributed by atoms with E-state index in [-0.39, 0.29) is 17.0 Å². The number of rotatable bonds is 3. The highest BCUT2D eigenvalue weighted by atomic mass is 19.1. The largest absolute Gasteiger partial charge is 0.294 e.